The van der Waals surface area contributed by atoms with Crippen LogP contribution in [0.2, 0.25) is 0 Å². The molecule has 0 unspecified atom stereocenters. The van der Waals surface area contributed by atoms with Crippen LogP contribution in [-0.2, 0) is 6.42 Å². The normalized spacial score (nSPS) is 20.6. The SMILES string of the molecule is CC(C)NCC1(CN2CCc3ccccc32)CCCC1. The van der Waals surface area contributed by atoms with Crippen molar-refractivity contribution >= 4 is 5.69 Å². The summed E-state index contributed by atoms with van der Waals surface area (Å²) in [7, 11) is 0. The average molecular weight is 272 g/mol. The third-order valence-corrected chi connectivity index (χ3v) is 5.06. The highest BCUT2D eigenvalue weighted by Crippen LogP contribution is 2.41. The summed E-state index contributed by atoms with van der Waals surface area (Å²) in [6.07, 6.45) is 6.84. The van der Waals surface area contributed by atoms with Crippen LogP contribution in [0.15, 0.2) is 24.3 Å². The van der Waals surface area contributed by atoms with Crippen LogP contribution in [0.3, 0.4) is 0 Å². The van der Waals surface area contributed by atoms with E-state index in [1.165, 1.54) is 63.0 Å². The van der Waals surface area contributed by atoms with Gasteiger partial charge in [0.1, 0.15) is 0 Å². The zero-order valence-corrected chi connectivity index (χ0v) is 13.0. The van der Waals surface area contributed by atoms with Gasteiger partial charge < -0.3 is 10.2 Å². The van der Waals surface area contributed by atoms with E-state index in [-0.39, 0.29) is 0 Å². The molecule has 110 valence electrons. The fourth-order valence-electron chi connectivity index (χ4n) is 3.91. The minimum atomic E-state index is 0.502. The van der Waals surface area contributed by atoms with Crippen molar-refractivity contribution < 1.29 is 0 Å². The first-order valence-corrected chi connectivity index (χ1v) is 8.25. The molecule has 1 heterocycles. The zero-order valence-electron chi connectivity index (χ0n) is 13.0. The zero-order chi connectivity index (χ0) is 14.0. The van der Waals surface area contributed by atoms with E-state index >= 15 is 0 Å². The molecular weight excluding hydrogens is 244 g/mol. The minimum Gasteiger partial charge on any atom is -0.370 e. The second-order valence-electron chi connectivity index (χ2n) is 7.04. The maximum absolute atomic E-state index is 3.70. The number of benzene rings is 1. The summed E-state index contributed by atoms with van der Waals surface area (Å²) in [5, 5.41) is 3.70. The van der Waals surface area contributed by atoms with Crippen LogP contribution in [0, 0.1) is 5.41 Å². The van der Waals surface area contributed by atoms with Crippen LogP contribution in [-0.4, -0.2) is 25.7 Å². The molecule has 1 aromatic rings. The van der Waals surface area contributed by atoms with Gasteiger partial charge in [-0.2, -0.15) is 0 Å². The van der Waals surface area contributed by atoms with Crippen LogP contribution < -0.4 is 10.2 Å². The Balaban J connectivity index is 1.71. The highest BCUT2D eigenvalue weighted by molar-refractivity contribution is 5.58. The molecule has 0 spiro atoms. The standard InChI is InChI=1S/C18H28N2/c1-15(2)19-13-18(10-5-6-11-18)14-20-12-9-16-7-3-4-8-17(16)20/h3-4,7-8,15,19H,5-6,9-14H2,1-2H3. The molecule has 2 heteroatoms. The first-order chi connectivity index (χ1) is 9.69. The molecule has 2 nitrogen and oxygen atoms in total. The van der Waals surface area contributed by atoms with Crippen LogP contribution in [0.5, 0.6) is 0 Å². The second kappa shape index (κ2) is 5.77. The van der Waals surface area contributed by atoms with Gasteiger partial charge in [0.2, 0.25) is 0 Å². The highest BCUT2D eigenvalue weighted by atomic mass is 15.2. The maximum Gasteiger partial charge on any atom is 0.0399 e. The Hall–Kier alpha value is -1.02. The van der Waals surface area contributed by atoms with E-state index in [1.807, 2.05) is 0 Å². The Kier molecular flexibility index (Phi) is 4.02. The number of anilines is 1. The van der Waals surface area contributed by atoms with Crippen molar-refractivity contribution in [2.24, 2.45) is 5.41 Å². The van der Waals surface area contributed by atoms with Crippen molar-refractivity contribution in [2.75, 3.05) is 24.5 Å². The van der Waals surface area contributed by atoms with E-state index in [1.54, 1.807) is 0 Å². The average Bonchev–Trinajstić information content (AvgIpc) is 3.06. The van der Waals surface area contributed by atoms with Gasteiger partial charge in [0.15, 0.2) is 0 Å². The summed E-state index contributed by atoms with van der Waals surface area (Å²) in [4.78, 5) is 2.64. The first kappa shape index (κ1) is 13.9. The Bertz CT molecular complexity index is 446. The van der Waals surface area contributed by atoms with Gasteiger partial charge in [-0.1, -0.05) is 44.9 Å². The van der Waals surface area contributed by atoms with E-state index in [9.17, 15) is 0 Å². The van der Waals surface area contributed by atoms with Gasteiger partial charge in [0, 0.05) is 36.8 Å². The van der Waals surface area contributed by atoms with Crippen LogP contribution in [0.25, 0.3) is 0 Å². The third-order valence-electron chi connectivity index (χ3n) is 5.06. The summed E-state index contributed by atoms with van der Waals surface area (Å²) in [5.74, 6) is 0. The predicted octanol–water partition coefficient (Wildman–Crippen LogP) is 3.61. The smallest absolute Gasteiger partial charge is 0.0399 e. The van der Waals surface area contributed by atoms with E-state index in [4.69, 9.17) is 0 Å². The molecule has 1 aliphatic carbocycles. The van der Waals surface area contributed by atoms with Gasteiger partial charge in [-0.25, -0.2) is 0 Å². The molecule has 1 aromatic carbocycles. The Morgan fingerprint density at radius 3 is 2.70 bits per heavy atom. The summed E-state index contributed by atoms with van der Waals surface area (Å²) < 4.78 is 0. The van der Waals surface area contributed by atoms with Gasteiger partial charge >= 0.3 is 0 Å². The fourth-order valence-corrected chi connectivity index (χ4v) is 3.91. The number of hydrogen-bond acceptors (Lipinski definition) is 2. The van der Waals surface area contributed by atoms with Crippen LogP contribution in [0.1, 0.15) is 45.1 Å². The summed E-state index contributed by atoms with van der Waals surface area (Å²) >= 11 is 0. The Morgan fingerprint density at radius 1 is 1.20 bits per heavy atom. The summed E-state index contributed by atoms with van der Waals surface area (Å²) in [6, 6.07) is 9.56. The quantitative estimate of drug-likeness (QED) is 0.881. The molecule has 1 fully saturated rings. The minimum absolute atomic E-state index is 0.502. The number of nitrogens with zero attached hydrogens (tertiary/aromatic N) is 1. The molecule has 0 aromatic heterocycles. The number of hydrogen-bond donors (Lipinski definition) is 1. The molecule has 1 N–H and O–H groups in total. The molecule has 0 saturated heterocycles. The molecule has 3 rings (SSSR count). The maximum atomic E-state index is 3.70. The largest absolute Gasteiger partial charge is 0.370 e. The molecule has 0 bridgehead atoms. The molecule has 1 aliphatic heterocycles. The van der Waals surface area contributed by atoms with E-state index in [0.29, 0.717) is 11.5 Å². The van der Waals surface area contributed by atoms with Gasteiger partial charge in [0.05, 0.1) is 0 Å². The monoisotopic (exact) mass is 272 g/mol. The summed E-state index contributed by atoms with van der Waals surface area (Å²) in [5.41, 5.74) is 3.53. The van der Waals surface area contributed by atoms with E-state index in [0.717, 1.165) is 0 Å². The molecule has 0 radical (unpaired) electrons. The highest BCUT2D eigenvalue weighted by Gasteiger charge is 2.36. The Labute approximate surface area is 123 Å². The van der Waals surface area contributed by atoms with E-state index in [2.05, 4.69) is 48.3 Å². The molecule has 20 heavy (non-hydrogen) atoms. The molecule has 0 amide bonds. The third kappa shape index (κ3) is 2.85. The van der Waals surface area contributed by atoms with Crippen molar-refractivity contribution in [1.29, 1.82) is 0 Å². The van der Waals surface area contributed by atoms with Crippen LogP contribution >= 0.6 is 0 Å². The first-order valence-electron chi connectivity index (χ1n) is 8.25. The lowest BCUT2D eigenvalue weighted by molar-refractivity contribution is 0.276. The van der Waals surface area contributed by atoms with Crippen molar-refractivity contribution in [2.45, 2.75) is 52.0 Å². The van der Waals surface area contributed by atoms with Crippen molar-refractivity contribution in [3.63, 3.8) is 0 Å². The van der Waals surface area contributed by atoms with Crippen molar-refractivity contribution in [3.05, 3.63) is 29.8 Å². The topological polar surface area (TPSA) is 15.3 Å². The lowest BCUT2D eigenvalue weighted by atomic mass is 9.85. The fraction of sp³-hybridized carbons (Fsp3) is 0.667. The molecular formula is C18H28N2. The Morgan fingerprint density at radius 2 is 1.95 bits per heavy atom. The second-order valence-corrected chi connectivity index (χ2v) is 7.04. The van der Waals surface area contributed by atoms with Gasteiger partial charge in [0.25, 0.3) is 0 Å². The van der Waals surface area contributed by atoms with E-state index < -0.39 is 0 Å². The van der Waals surface area contributed by atoms with Crippen LogP contribution in [0.4, 0.5) is 5.69 Å². The van der Waals surface area contributed by atoms with Crippen molar-refractivity contribution in [1.82, 2.24) is 5.32 Å². The lowest BCUT2D eigenvalue weighted by Gasteiger charge is -2.36. The molecule has 1 saturated carbocycles. The van der Waals surface area contributed by atoms with Gasteiger partial charge in [-0.3, -0.25) is 0 Å². The lowest BCUT2D eigenvalue weighted by Crippen LogP contribution is -2.44. The summed E-state index contributed by atoms with van der Waals surface area (Å²) in [6.45, 7) is 8.15. The number of fused-ring (bicyclic) bond motifs is 1. The van der Waals surface area contributed by atoms with Gasteiger partial charge in [-0.15, -0.1) is 0 Å². The predicted molar refractivity (Wildman–Crippen MR) is 86.4 cm³/mol. The number of para-hydroxylation sites is 1. The molecule has 0 atom stereocenters. The van der Waals surface area contributed by atoms with Gasteiger partial charge in [-0.05, 0) is 30.9 Å². The van der Waals surface area contributed by atoms with Crippen molar-refractivity contribution in [3.8, 4) is 0 Å². The number of nitrogens with one attached hydrogen (secondary N) is 1. The number of rotatable bonds is 5. The molecule has 2 aliphatic rings.